The Kier molecular flexibility index (Phi) is 4.49. The number of carbonyl (C=O) groups is 1. The quantitative estimate of drug-likeness (QED) is 0.851. The average Bonchev–Trinajstić information content (AvgIpc) is 3.06. The topological polar surface area (TPSA) is 52.9 Å². The Morgan fingerprint density at radius 3 is 2.76 bits per heavy atom. The number of nitrogens with zero attached hydrogens (tertiary/aromatic N) is 1. The number of rotatable bonds is 5. The Balaban J connectivity index is 2.20. The molecule has 0 saturated carbocycles. The van der Waals surface area contributed by atoms with Crippen LogP contribution < -0.4 is 5.32 Å². The highest BCUT2D eigenvalue weighted by atomic mass is 16.1. The second-order valence-corrected chi connectivity index (χ2v) is 7.00. The van der Waals surface area contributed by atoms with E-state index < -0.39 is 11.0 Å². The van der Waals surface area contributed by atoms with Crippen LogP contribution in [0.15, 0.2) is 42.5 Å². The van der Waals surface area contributed by atoms with Gasteiger partial charge in [0.05, 0.1) is 22.6 Å². The molecule has 25 heavy (non-hydrogen) atoms. The van der Waals surface area contributed by atoms with Gasteiger partial charge in [0.25, 0.3) is 0 Å². The lowest BCUT2D eigenvalue weighted by Gasteiger charge is -2.44. The minimum Gasteiger partial charge on any atom is -0.310 e. The monoisotopic (exact) mass is 332 g/mol. The molecule has 3 rings (SSSR count). The molecule has 0 saturated heterocycles. The van der Waals surface area contributed by atoms with E-state index in [0.717, 1.165) is 36.7 Å². The lowest BCUT2D eigenvalue weighted by Crippen LogP contribution is -2.55. The van der Waals surface area contributed by atoms with Crippen molar-refractivity contribution in [2.75, 3.05) is 7.05 Å². The van der Waals surface area contributed by atoms with E-state index in [0.29, 0.717) is 5.56 Å². The van der Waals surface area contributed by atoms with Gasteiger partial charge in [-0.05, 0) is 67.6 Å². The van der Waals surface area contributed by atoms with Crippen molar-refractivity contribution < 1.29 is 4.79 Å². The fraction of sp³-hybridized carbons (Fsp3) is 0.364. The summed E-state index contributed by atoms with van der Waals surface area (Å²) in [4.78, 5) is 12.5. The van der Waals surface area contributed by atoms with E-state index in [9.17, 15) is 10.1 Å². The van der Waals surface area contributed by atoms with E-state index in [1.165, 1.54) is 11.1 Å². The first-order valence-electron chi connectivity index (χ1n) is 8.83. The van der Waals surface area contributed by atoms with Crippen LogP contribution in [0.25, 0.3) is 0 Å². The third-order valence-electron chi connectivity index (χ3n) is 6.01. The van der Waals surface area contributed by atoms with Crippen LogP contribution in [0, 0.1) is 11.3 Å². The molecule has 2 aromatic rings. The molecule has 1 aliphatic carbocycles. The molecule has 1 N–H and O–H groups in total. The van der Waals surface area contributed by atoms with Crippen LogP contribution in [0.1, 0.15) is 48.1 Å². The van der Waals surface area contributed by atoms with Crippen molar-refractivity contribution in [3.05, 3.63) is 70.3 Å². The van der Waals surface area contributed by atoms with E-state index in [-0.39, 0.29) is 0 Å². The Bertz CT molecular complexity index is 851. The molecule has 2 unspecified atom stereocenters. The second-order valence-electron chi connectivity index (χ2n) is 7.00. The molecule has 0 fully saturated rings. The van der Waals surface area contributed by atoms with Crippen LogP contribution in [0.3, 0.4) is 0 Å². The van der Waals surface area contributed by atoms with Gasteiger partial charge in [0.2, 0.25) is 0 Å². The molecule has 128 valence electrons. The first kappa shape index (κ1) is 17.4. The van der Waals surface area contributed by atoms with E-state index >= 15 is 0 Å². The summed E-state index contributed by atoms with van der Waals surface area (Å²) >= 11 is 0. The van der Waals surface area contributed by atoms with Gasteiger partial charge in [-0.1, -0.05) is 37.3 Å². The number of hydrogen-bond donors (Lipinski definition) is 1. The van der Waals surface area contributed by atoms with Crippen molar-refractivity contribution in [3.63, 3.8) is 0 Å². The maximum absolute atomic E-state index is 12.5. The maximum atomic E-state index is 12.5. The van der Waals surface area contributed by atoms with Crippen LogP contribution in [0.2, 0.25) is 0 Å². The summed E-state index contributed by atoms with van der Waals surface area (Å²) in [6, 6.07) is 16.3. The van der Waals surface area contributed by atoms with Gasteiger partial charge in [-0.15, -0.1) is 0 Å². The number of fused-ring (bicyclic) bond motifs is 1. The molecule has 3 nitrogen and oxygen atoms in total. The third kappa shape index (κ3) is 2.49. The highest BCUT2D eigenvalue weighted by Crippen LogP contribution is 2.49. The molecule has 2 atom stereocenters. The van der Waals surface area contributed by atoms with E-state index in [4.69, 9.17) is 0 Å². The summed E-state index contributed by atoms with van der Waals surface area (Å²) in [6.07, 6.45) is 3.78. The number of likely N-dealkylation sites (N-methyl/N-ethyl adjacent to an activating group) is 1. The van der Waals surface area contributed by atoms with E-state index in [1.807, 2.05) is 25.2 Å². The number of nitriles is 1. The highest BCUT2D eigenvalue weighted by Gasteiger charge is 2.53. The van der Waals surface area contributed by atoms with Crippen molar-refractivity contribution in [3.8, 4) is 6.07 Å². The van der Waals surface area contributed by atoms with Gasteiger partial charge in [0.15, 0.2) is 0 Å². The molecule has 0 amide bonds. The van der Waals surface area contributed by atoms with Crippen molar-refractivity contribution >= 4 is 6.29 Å². The Morgan fingerprint density at radius 2 is 2.12 bits per heavy atom. The molecule has 0 heterocycles. The fourth-order valence-electron chi connectivity index (χ4n) is 4.26. The molecule has 1 aliphatic rings. The Hall–Kier alpha value is -2.44. The zero-order valence-corrected chi connectivity index (χ0v) is 15.1. The van der Waals surface area contributed by atoms with Crippen LogP contribution in [0.4, 0.5) is 0 Å². The summed E-state index contributed by atoms with van der Waals surface area (Å²) in [5.41, 5.74) is 4.03. The van der Waals surface area contributed by atoms with Gasteiger partial charge in [-0.3, -0.25) is 0 Å². The number of benzene rings is 2. The van der Waals surface area contributed by atoms with Crippen LogP contribution >= 0.6 is 0 Å². The van der Waals surface area contributed by atoms with Crippen molar-refractivity contribution in [1.29, 1.82) is 5.26 Å². The van der Waals surface area contributed by atoms with Gasteiger partial charge in [-0.25, -0.2) is 0 Å². The van der Waals surface area contributed by atoms with E-state index in [1.54, 1.807) is 6.07 Å². The third-order valence-corrected chi connectivity index (χ3v) is 6.01. The second kappa shape index (κ2) is 6.46. The summed E-state index contributed by atoms with van der Waals surface area (Å²) in [5.74, 6) is 0. The van der Waals surface area contributed by atoms with Crippen molar-refractivity contribution in [2.24, 2.45) is 0 Å². The molecule has 0 radical (unpaired) electrons. The van der Waals surface area contributed by atoms with Gasteiger partial charge in [-0.2, -0.15) is 5.26 Å². The molecule has 0 aliphatic heterocycles. The molecular formula is C22H24N2O. The maximum Gasteiger partial charge on any atom is 0.132 e. The lowest BCUT2D eigenvalue weighted by atomic mass is 9.64. The first-order valence-corrected chi connectivity index (χ1v) is 8.83. The normalized spacial score (nSPS) is 21.2. The summed E-state index contributed by atoms with van der Waals surface area (Å²) < 4.78 is 0. The number of aldehydes is 1. The van der Waals surface area contributed by atoms with Crippen LogP contribution in [0.5, 0.6) is 0 Å². The standard InChI is InChI=1S/C22H24N2O/c1-4-16-8-9-20-18(12-16)10-11-22(20,15-25)21(2,24-3)19-7-5-6-17(13-19)14-23/h5-9,12-13,15,24H,4,10-11H2,1-3H3. The summed E-state index contributed by atoms with van der Waals surface area (Å²) in [7, 11) is 1.89. The number of carbonyl (C=O) groups excluding carboxylic acids is 1. The molecule has 0 aromatic heterocycles. The molecule has 0 spiro atoms. The minimum atomic E-state index is -0.641. The predicted molar refractivity (Wildman–Crippen MR) is 99.5 cm³/mol. The molecular weight excluding hydrogens is 308 g/mol. The first-order chi connectivity index (χ1) is 12.0. The highest BCUT2D eigenvalue weighted by molar-refractivity contribution is 5.75. The average molecular weight is 332 g/mol. The van der Waals surface area contributed by atoms with Gasteiger partial charge in [0.1, 0.15) is 6.29 Å². The van der Waals surface area contributed by atoms with E-state index in [2.05, 4.69) is 43.4 Å². The van der Waals surface area contributed by atoms with Gasteiger partial charge < -0.3 is 10.1 Å². The number of hydrogen-bond acceptors (Lipinski definition) is 3. The Morgan fingerprint density at radius 1 is 1.32 bits per heavy atom. The number of aryl methyl sites for hydroxylation is 2. The minimum absolute atomic E-state index is 0.583. The predicted octanol–water partition coefficient (Wildman–Crippen LogP) is 3.64. The number of nitrogens with one attached hydrogen (secondary N) is 1. The summed E-state index contributed by atoms with van der Waals surface area (Å²) in [5, 5.41) is 12.7. The zero-order valence-electron chi connectivity index (χ0n) is 15.1. The Labute approximate surface area is 149 Å². The fourth-order valence-corrected chi connectivity index (χ4v) is 4.26. The van der Waals surface area contributed by atoms with Crippen LogP contribution in [-0.2, 0) is 28.6 Å². The van der Waals surface area contributed by atoms with Crippen molar-refractivity contribution in [2.45, 2.75) is 44.1 Å². The van der Waals surface area contributed by atoms with Crippen LogP contribution in [-0.4, -0.2) is 13.3 Å². The largest absolute Gasteiger partial charge is 0.310 e. The SMILES string of the molecule is CCc1ccc2c(c1)CCC2(C=O)C(C)(NC)c1cccc(C#N)c1. The van der Waals surface area contributed by atoms with Gasteiger partial charge >= 0.3 is 0 Å². The summed E-state index contributed by atoms with van der Waals surface area (Å²) in [6.45, 7) is 4.22. The smallest absolute Gasteiger partial charge is 0.132 e. The lowest BCUT2D eigenvalue weighted by molar-refractivity contribution is -0.115. The van der Waals surface area contributed by atoms with Crippen molar-refractivity contribution in [1.82, 2.24) is 5.32 Å². The molecule has 2 aromatic carbocycles. The molecule has 0 bridgehead atoms. The molecule has 3 heteroatoms. The zero-order chi connectivity index (χ0) is 18.1. The van der Waals surface area contributed by atoms with Gasteiger partial charge in [0, 0.05) is 0 Å².